The Morgan fingerprint density at radius 3 is 2.71 bits per heavy atom. The number of aromatic carboxylic acids is 1. The molecular weight excluding hydrogens is 228 g/mol. The molecule has 0 spiro atoms. The molecule has 0 saturated carbocycles. The van der Waals surface area contributed by atoms with Gasteiger partial charge in [-0.2, -0.15) is 0 Å². The van der Waals surface area contributed by atoms with Crippen LogP contribution in [0, 0.1) is 11.6 Å². The second kappa shape index (κ2) is 5.43. The van der Waals surface area contributed by atoms with E-state index in [1.807, 2.05) is 0 Å². The maximum atomic E-state index is 13.5. The fraction of sp³-hybridized carbons (Fsp3) is 0.250. The van der Waals surface area contributed by atoms with E-state index >= 15 is 0 Å². The van der Waals surface area contributed by atoms with Gasteiger partial charge in [0.15, 0.2) is 11.6 Å². The van der Waals surface area contributed by atoms with E-state index in [0.717, 1.165) is 6.07 Å². The lowest BCUT2D eigenvalue weighted by Crippen LogP contribution is -2.16. The first-order chi connectivity index (χ1) is 7.97. The van der Waals surface area contributed by atoms with Crippen LogP contribution in [0.2, 0.25) is 0 Å². The van der Waals surface area contributed by atoms with Gasteiger partial charge in [-0.25, -0.2) is 13.6 Å². The Labute approximate surface area is 97.8 Å². The number of nitrogens with one attached hydrogen (secondary N) is 1. The van der Waals surface area contributed by atoms with Crippen LogP contribution in [0.5, 0.6) is 0 Å². The van der Waals surface area contributed by atoms with E-state index in [-0.39, 0.29) is 11.7 Å². The van der Waals surface area contributed by atoms with Gasteiger partial charge in [-0.05, 0) is 25.5 Å². The molecule has 1 aromatic rings. The van der Waals surface area contributed by atoms with Gasteiger partial charge in [0.05, 0.1) is 11.3 Å². The molecule has 0 aromatic heterocycles. The van der Waals surface area contributed by atoms with Crippen LogP contribution in [-0.4, -0.2) is 17.1 Å². The molecule has 3 nitrogen and oxygen atoms in total. The smallest absolute Gasteiger partial charge is 0.338 e. The van der Waals surface area contributed by atoms with Crippen molar-refractivity contribution >= 4 is 11.7 Å². The minimum absolute atomic E-state index is 0.0538. The molecule has 0 fully saturated rings. The molecule has 1 aromatic carbocycles. The summed E-state index contributed by atoms with van der Waals surface area (Å²) in [5.74, 6) is -4.03. The highest BCUT2D eigenvalue weighted by atomic mass is 19.2. The van der Waals surface area contributed by atoms with Crippen LogP contribution in [0.4, 0.5) is 14.5 Å². The molecule has 5 heteroatoms. The van der Waals surface area contributed by atoms with Crippen molar-refractivity contribution in [3.8, 4) is 0 Å². The largest absolute Gasteiger partial charge is 0.478 e. The molecule has 0 aliphatic rings. The molecule has 0 bridgehead atoms. The molecule has 0 amide bonds. The number of halogens is 2. The first-order valence-corrected chi connectivity index (χ1v) is 5.06. The van der Waals surface area contributed by atoms with Crippen LogP contribution in [0.1, 0.15) is 23.7 Å². The van der Waals surface area contributed by atoms with Crippen molar-refractivity contribution < 1.29 is 18.7 Å². The number of anilines is 1. The van der Waals surface area contributed by atoms with Crippen LogP contribution >= 0.6 is 0 Å². The highest BCUT2D eigenvalue weighted by molar-refractivity contribution is 5.88. The molecule has 0 saturated heterocycles. The highest BCUT2D eigenvalue weighted by Crippen LogP contribution is 2.21. The Balaban J connectivity index is 3.00. The Kier molecular flexibility index (Phi) is 4.20. The Morgan fingerprint density at radius 2 is 2.18 bits per heavy atom. The van der Waals surface area contributed by atoms with Crippen molar-refractivity contribution in [2.75, 3.05) is 5.32 Å². The quantitative estimate of drug-likeness (QED) is 0.779. The summed E-state index contributed by atoms with van der Waals surface area (Å²) in [5.41, 5.74) is -0.730. The van der Waals surface area contributed by atoms with Crippen molar-refractivity contribution in [1.82, 2.24) is 0 Å². The van der Waals surface area contributed by atoms with Gasteiger partial charge in [0.25, 0.3) is 0 Å². The number of benzene rings is 1. The van der Waals surface area contributed by atoms with Gasteiger partial charge in [0, 0.05) is 6.04 Å². The van der Waals surface area contributed by atoms with E-state index < -0.39 is 23.2 Å². The topological polar surface area (TPSA) is 49.3 Å². The number of carboxylic acids is 1. The standard InChI is InChI=1S/C12H13F2NO2/c1-3-4-7(2)15-9-6-5-8(12(16)17)10(13)11(9)14/h3,5-7,15H,1,4H2,2H3,(H,16,17). The number of carbonyl (C=O) groups is 1. The Hall–Kier alpha value is -1.91. The van der Waals surface area contributed by atoms with Gasteiger partial charge in [0.1, 0.15) is 0 Å². The third-order valence-corrected chi connectivity index (χ3v) is 2.23. The minimum Gasteiger partial charge on any atom is -0.478 e. The van der Waals surface area contributed by atoms with Crippen LogP contribution < -0.4 is 5.32 Å². The maximum absolute atomic E-state index is 13.5. The summed E-state index contributed by atoms with van der Waals surface area (Å²) in [6.45, 7) is 5.32. The van der Waals surface area contributed by atoms with Gasteiger partial charge >= 0.3 is 5.97 Å². The first kappa shape index (κ1) is 13.2. The van der Waals surface area contributed by atoms with Crippen LogP contribution in [0.25, 0.3) is 0 Å². The van der Waals surface area contributed by atoms with Crippen molar-refractivity contribution in [2.24, 2.45) is 0 Å². The van der Waals surface area contributed by atoms with Gasteiger partial charge in [-0.3, -0.25) is 0 Å². The van der Waals surface area contributed by atoms with Crippen molar-refractivity contribution in [3.63, 3.8) is 0 Å². The normalized spacial score (nSPS) is 11.9. The number of rotatable bonds is 5. The van der Waals surface area contributed by atoms with Gasteiger partial charge < -0.3 is 10.4 Å². The summed E-state index contributed by atoms with van der Waals surface area (Å²) >= 11 is 0. The summed E-state index contributed by atoms with van der Waals surface area (Å²) in [6.07, 6.45) is 2.24. The predicted octanol–water partition coefficient (Wildman–Crippen LogP) is 3.04. The van der Waals surface area contributed by atoms with Crippen molar-refractivity contribution in [2.45, 2.75) is 19.4 Å². The fourth-order valence-corrected chi connectivity index (χ4v) is 1.40. The van der Waals surface area contributed by atoms with E-state index in [9.17, 15) is 13.6 Å². The zero-order valence-corrected chi connectivity index (χ0v) is 9.34. The van der Waals surface area contributed by atoms with E-state index in [4.69, 9.17) is 5.11 Å². The molecule has 1 rings (SSSR count). The van der Waals surface area contributed by atoms with Gasteiger partial charge in [0.2, 0.25) is 0 Å². The average molecular weight is 241 g/mol. The molecule has 2 N–H and O–H groups in total. The molecule has 0 radical (unpaired) electrons. The molecule has 0 heterocycles. The summed E-state index contributed by atoms with van der Waals surface area (Å²) in [7, 11) is 0. The molecule has 92 valence electrons. The average Bonchev–Trinajstić information content (AvgIpc) is 2.25. The second-order valence-electron chi connectivity index (χ2n) is 3.66. The first-order valence-electron chi connectivity index (χ1n) is 5.06. The van der Waals surface area contributed by atoms with E-state index in [1.165, 1.54) is 6.07 Å². The SMILES string of the molecule is C=CCC(C)Nc1ccc(C(=O)O)c(F)c1F. The molecule has 1 unspecified atom stereocenters. The lowest BCUT2D eigenvalue weighted by atomic mass is 10.1. The number of hydrogen-bond acceptors (Lipinski definition) is 2. The monoisotopic (exact) mass is 241 g/mol. The lowest BCUT2D eigenvalue weighted by molar-refractivity contribution is 0.0690. The van der Waals surface area contributed by atoms with Crippen molar-refractivity contribution in [3.05, 3.63) is 42.0 Å². The molecule has 17 heavy (non-hydrogen) atoms. The number of hydrogen-bond donors (Lipinski definition) is 2. The van der Waals surface area contributed by atoms with Gasteiger partial charge in [-0.1, -0.05) is 6.08 Å². The summed E-state index contributed by atoms with van der Waals surface area (Å²) in [5, 5.41) is 11.3. The highest BCUT2D eigenvalue weighted by Gasteiger charge is 2.18. The zero-order chi connectivity index (χ0) is 13.0. The summed E-state index contributed by atoms with van der Waals surface area (Å²) in [4.78, 5) is 10.6. The van der Waals surface area contributed by atoms with E-state index in [2.05, 4.69) is 11.9 Å². The third-order valence-electron chi connectivity index (χ3n) is 2.23. The Bertz CT molecular complexity index is 446. The van der Waals surface area contributed by atoms with Gasteiger partial charge in [-0.15, -0.1) is 6.58 Å². The summed E-state index contributed by atoms with van der Waals surface area (Å²) < 4.78 is 26.8. The summed E-state index contributed by atoms with van der Waals surface area (Å²) in [6, 6.07) is 2.13. The van der Waals surface area contributed by atoms with E-state index in [1.54, 1.807) is 13.0 Å². The van der Waals surface area contributed by atoms with Crippen molar-refractivity contribution in [1.29, 1.82) is 0 Å². The van der Waals surface area contributed by atoms with Crippen LogP contribution in [-0.2, 0) is 0 Å². The lowest BCUT2D eigenvalue weighted by Gasteiger charge is -2.14. The fourth-order valence-electron chi connectivity index (χ4n) is 1.40. The minimum atomic E-state index is -1.49. The molecule has 1 atom stereocenters. The molecule has 0 aliphatic carbocycles. The third kappa shape index (κ3) is 3.03. The second-order valence-corrected chi connectivity index (χ2v) is 3.66. The maximum Gasteiger partial charge on any atom is 0.338 e. The van der Waals surface area contributed by atoms with E-state index in [0.29, 0.717) is 6.42 Å². The molecule has 0 aliphatic heterocycles. The Morgan fingerprint density at radius 1 is 1.53 bits per heavy atom. The van der Waals surface area contributed by atoms with Crippen LogP contribution in [0.3, 0.4) is 0 Å². The predicted molar refractivity (Wildman–Crippen MR) is 61.2 cm³/mol. The van der Waals surface area contributed by atoms with Crippen LogP contribution in [0.15, 0.2) is 24.8 Å². The zero-order valence-electron chi connectivity index (χ0n) is 9.34. The molecular formula is C12H13F2NO2. The number of carboxylic acid groups (broad SMARTS) is 1.